The van der Waals surface area contributed by atoms with E-state index in [2.05, 4.69) is 0 Å². The van der Waals surface area contributed by atoms with E-state index in [4.69, 9.17) is 4.74 Å². The van der Waals surface area contributed by atoms with E-state index < -0.39 is 90.8 Å². The zero-order valence-corrected chi connectivity index (χ0v) is 23.4. The molecule has 2 unspecified atom stereocenters. The monoisotopic (exact) mass is 643 g/mol. The van der Waals surface area contributed by atoms with Crippen LogP contribution < -0.4 is 4.74 Å². The Balaban J connectivity index is 1.67. The number of hydrogen-bond acceptors (Lipinski definition) is 4. The lowest BCUT2D eigenvalue weighted by Crippen LogP contribution is -2.58. The van der Waals surface area contributed by atoms with Gasteiger partial charge in [-0.15, -0.1) is 0 Å². The molecular weight excluding hydrogens is 617 g/mol. The van der Waals surface area contributed by atoms with Crippen molar-refractivity contribution in [2.75, 3.05) is 13.2 Å². The maximum Gasteiger partial charge on any atom is 0.435 e. The van der Waals surface area contributed by atoms with Crippen molar-refractivity contribution in [1.82, 2.24) is 4.90 Å². The summed E-state index contributed by atoms with van der Waals surface area (Å²) in [5.41, 5.74) is -10.4. The molecule has 2 atom stereocenters. The molecule has 1 aliphatic carbocycles. The van der Waals surface area contributed by atoms with Crippen LogP contribution in [0.25, 0.3) is 0 Å². The number of amides is 1. The third-order valence-electron chi connectivity index (χ3n) is 8.97. The zero-order valence-electron chi connectivity index (χ0n) is 22.5. The Labute approximate surface area is 240 Å². The van der Waals surface area contributed by atoms with Gasteiger partial charge in [-0.2, -0.15) is 26.3 Å². The third-order valence-corrected chi connectivity index (χ3v) is 11.5. The first-order valence-electron chi connectivity index (χ1n) is 13.4. The van der Waals surface area contributed by atoms with Gasteiger partial charge in [0.15, 0.2) is 15.5 Å². The van der Waals surface area contributed by atoms with Crippen LogP contribution in [0.4, 0.5) is 39.5 Å². The zero-order chi connectivity index (χ0) is 31.8. The molecule has 5 rings (SSSR count). The molecule has 0 radical (unpaired) electrons. The summed E-state index contributed by atoms with van der Waals surface area (Å²) in [7, 11) is -4.72. The Morgan fingerprint density at radius 2 is 1.51 bits per heavy atom. The Morgan fingerprint density at radius 1 is 0.930 bits per heavy atom. The molecule has 0 spiro atoms. The molecule has 2 aliphatic heterocycles. The first-order chi connectivity index (χ1) is 19.8. The van der Waals surface area contributed by atoms with Crippen molar-refractivity contribution in [2.45, 2.75) is 78.4 Å². The molecule has 2 fully saturated rings. The van der Waals surface area contributed by atoms with Crippen molar-refractivity contribution in [3.05, 3.63) is 59.4 Å². The van der Waals surface area contributed by atoms with Crippen LogP contribution in [0.3, 0.4) is 0 Å². The van der Waals surface area contributed by atoms with Crippen molar-refractivity contribution in [1.29, 1.82) is 0 Å². The van der Waals surface area contributed by atoms with Gasteiger partial charge in [0.2, 0.25) is 0 Å². The number of fused-ring (bicyclic) bond motifs is 3. The van der Waals surface area contributed by atoms with E-state index in [0.717, 1.165) is 29.2 Å². The van der Waals surface area contributed by atoms with Gasteiger partial charge in [-0.1, -0.05) is 19.1 Å². The highest BCUT2D eigenvalue weighted by atomic mass is 32.2. The van der Waals surface area contributed by atoms with Crippen molar-refractivity contribution in [3.8, 4) is 5.75 Å². The molecule has 0 aromatic heterocycles. The number of alkyl halides is 8. The standard InChI is InChI=1S/C28H26F9NO4S/c1-16-8-10-24(30,11-9-16)23(39)38-13-12-25(43(40,41)19-5-3-18(29)4-6-19)20-7-2-17(14-21(20)42-15-22(25)38)26(31,27(32,33)34)28(35,36)37/h2-7,14,16,22H,8-13,15H2,1H3. The van der Waals surface area contributed by atoms with E-state index in [1.54, 1.807) is 0 Å². The number of sulfone groups is 1. The molecule has 0 bridgehead atoms. The molecule has 1 amide bonds. The summed E-state index contributed by atoms with van der Waals surface area (Å²) in [5.74, 6) is -2.41. The van der Waals surface area contributed by atoms with Crippen molar-refractivity contribution < 1.29 is 57.5 Å². The van der Waals surface area contributed by atoms with Gasteiger partial charge in [-0.25, -0.2) is 21.6 Å². The molecule has 3 aliphatic rings. The topological polar surface area (TPSA) is 63.7 Å². The first-order valence-corrected chi connectivity index (χ1v) is 14.9. The van der Waals surface area contributed by atoms with Crippen LogP contribution in [0, 0.1) is 11.7 Å². The van der Waals surface area contributed by atoms with E-state index in [9.17, 15) is 48.3 Å². The summed E-state index contributed by atoms with van der Waals surface area (Å²) in [4.78, 5) is 14.1. The highest BCUT2D eigenvalue weighted by molar-refractivity contribution is 7.92. The second-order valence-electron chi connectivity index (χ2n) is 11.4. The lowest BCUT2D eigenvalue weighted by Gasteiger charge is -2.44. The van der Waals surface area contributed by atoms with Crippen LogP contribution in [-0.2, 0) is 25.0 Å². The van der Waals surface area contributed by atoms with E-state index in [1.165, 1.54) is 0 Å². The minimum absolute atomic E-state index is 0.123. The van der Waals surface area contributed by atoms with Crippen LogP contribution in [0.15, 0.2) is 47.4 Å². The number of rotatable bonds is 4. The summed E-state index contributed by atoms with van der Waals surface area (Å²) in [6.45, 7) is 0.796. The normalized spacial score (nSPS) is 28.2. The van der Waals surface area contributed by atoms with Crippen LogP contribution in [0.1, 0.15) is 50.2 Å². The van der Waals surface area contributed by atoms with Gasteiger partial charge in [0.25, 0.3) is 5.91 Å². The van der Waals surface area contributed by atoms with Crippen LogP contribution in [0.5, 0.6) is 5.75 Å². The smallest absolute Gasteiger partial charge is 0.435 e. The Morgan fingerprint density at radius 3 is 2.07 bits per heavy atom. The number of likely N-dealkylation sites (tertiary alicyclic amines) is 1. The largest absolute Gasteiger partial charge is 0.491 e. The summed E-state index contributed by atoms with van der Waals surface area (Å²) in [5, 5.41) is 0. The molecule has 2 aromatic carbocycles. The molecule has 2 heterocycles. The summed E-state index contributed by atoms with van der Waals surface area (Å²) >= 11 is 0. The van der Waals surface area contributed by atoms with Gasteiger partial charge in [-0.05, 0) is 68.4 Å². The maximum absolute atomic E-state index is 16.0. The summed E-state index contributed by atoms with van der Waals surface area (Å²) in [6, 6.07) is 2.99. The number of hydrogen-bond donors (Lipinski definition) is 0. The predicted molar refractivity (Wildman–Crippen MR) is 134 cm³/mol. The average molecular weight is 644 g/mol. The molecule has 1 saturated carbocycles. The van der Waals surface area contributed by atoms with Crippen molar-refractivity contribution >= 4 is 15.7 Å². The number of benzene rings is 2. The Bertz CT molecular complexity index is 1500. The summed E-state index contributed by atoms with van der Waals surface area (Å²) < 4.78 is 157. The third kappa shape index (κ3) is 4.59. The van der Waals surface area contributed by atoms with E-state index in [0.29, 0.717) is 18.9 Å². The van der Waals surface area contributed by atoms with Gasteiger partial charge in [-0.3, -0.25) is 4.79 Å². The molecule has 5 nitrogen and oxygen atoms in total. The quantitative estimate of drug-likeness (QED) is 0.275. The minimum atomic E-state index is -6.43. The number of ether oxygens (including phenoxy) is 1. The molecule has 15 heteroatoms. The number of nitrogens with zero attached hydrogens (tertiary/aromatic N) is 1. The molecule has 0 N–H and O–H groups in total. The first kappa shape index (κ1) is 31.5. The van der Waals surface area contributed by atoms with Gasteiger partial charge in [0.05, 0.1) is 10.9 Å². The highest BCUT2D eigenvalue weighted by Crippen LogP contribution is 2.57. The number of carbonyl (C=O) groups is 1. The van der Waals surface area contributed by atoms with E-state index in [-0.39, 0.29) is 37.4 Å². The van der Waals surface area contributed by atoms with Gasteiger partial charge in [0.1, 0.15) is 22.9 Å². The fourth-order valence-corrected chi connectivity index (χ4v) is 8.76. The van der Waals surface area contributed by atoms with Gasteiger partial charge >= 0.3 is 18.0 Å². The average Bonchev–Trinajstić information content (AvgIpc) is 3.34. The minimum Gasteiger partial charge on any atom is -0.491 e. The highest BCUT2D eigenvalue weighted by Gasteiger charge is 2.74. The van der Waals surface area contributed by atoms with Gasteiger partial charge < -0.3 is 9.64 Å². The van der Waals surface area contributed by atoms with Gasteiger partial charge in [0, 0.05) is 17.7 Å². The maximum atomic E-state index is 16.0. The molecule has 43 heavy (non-hydrogen) atoms. The Kier molecular flexibility index (Phi) is 7.33. The molecule has 1 saturated heterocycles. The molecule has 2 aromatic rings. The predicted octanol–water partition coefficient (Wildman–Crippen LogP) is 6.70. The molecular formula is C28H26F9NO4S. The second-order valence-corrected chi connectivity index (χ2v) is 13.6. The van der Waals surface area contributed by atoms with Crippen molar-refractivity contribution in [3.63, 3.8) is 0 Å². The van der Waals surface area contributed by atoms with Crippen LogP contribution in [0.2, 0.25) is 0 Å². The lowest BCUT2D eigenvalue weighted by molar-refractivity contribution is -0.348. The number of carbonyl (C=O) groups excluding carboxylic acids is 1. The Hall–Kier alpha value is -2.97. The summed E-state index contributed by atoms with van der Waals surface area (Å²) in [6.07, 6.45) is -12.8. The fourth-order valence-electron chi connectivity index (χ4n) is 6.48. The van der Waals surface area contributed by atoms with Crippen molar-refractivity contribution in [2.24, 2.45) is 5.92 Å². The van der Waals surface area contributed by atoms with Crippen LogP contribution in [-0.4, -0.2) is 56.4 Å². The SMILES string of the molecule is CC1CCC(F)(C(=O)N2CCC3(S(=O)(=O)c4ccc(F)cc4)c4ccc(C(F)(C(F)(F)F)C(F)(F)F)cc4OCC23)CC1. The van der Waals surface area contributed by atoms with Crippen LogP contribution >= 0.6 is 0 Å². The van der Waals surface area contributed by atoms with E-state index in [1.807, 2.05) is 6.92 Å². The molecule has 236 valence electrons. The lowest BCUT2D eigenvalue weighted by atomic mass is 9.79. The second kappa shape index (κ2) is 10.0. The fraction of sp³-hybridized carbons (Fsp3) is 0.536. The number of halogens is 9. The van der Waals surface area contributed by atoms with E-state index >= 15 is 4.39 Å².